The molecule has 2 aliphatic heterocycles. The second kappa shape index (κ2) is 10.5. The molecule has 2 unspecified atom stereocenters. The molecule has 4 rings (SSSR count). The molecule has 2 heterocycles. The first kappa shape index (κ1) is 27.2. The van der Waals surface area contributed by atoms with E-state index in [2.05, 4.69) is 42.1 Å². The Bertz CT molecular complexity index is 1070. The van der Waals surface area contributed by atoms with Crippen molar-refractivity contribution in [3.63, 3.8) is 0 Å². The normalized spacial score (nSPS) is 28.6. The molecule has 0 radical (unpaired) electrons. The molecule has 2 amide bonds. The van der Waals surface area contributed by atoms with Gasteiger partial charge in [0.1, 0.15) is 23.5 Å². The molecular formula is C28H40FN5O3. The third-order valence-corrected chi connectivity index (χ3v) is 8.02. The molecule has 6 atom stereocenters. The van der Waals surface area contributed by atoms with E-state index in [1.165, 1.54) is 6.07 Å². The number of nitrogens with one attached hydrogen (secondary N) is 1. The van der Waals surface area contributed by atoms with Gasteiger partial charge in [0.05, 0.1) is 6.07 Å². The van der Waals surface area contributed by atoms with E-state index in [1.54, 1.807) is 31.7 Å². The van der Waals surface area contributed by atoms with Gasteiger partial charge in [-0.05, 0) is 84.5 Å². The van der Waals surface area contributed by atoms with Crippen molar-refractivity contribution in [1.29, 1.82) is 5.26 Å². The Morgan fingerprint density at radius 3 is 2.59 bits per heavy atom. The summed E-state index contributed by atoms with van der Waals surface area (Å²) < 4.78 is 20.7. The number of hydrogen-bond donors (Lipinski definition) is 1. The summed E-state index contributed by atoms with van der Waals surface area (Å²) in [5, 5.41) is 12.6. The number of rotatable bonds is 5. The van der Waals surface area contributed by atoms with Crippen LogP contribution in [-0.4, -0.2) is 77.7 Å². The zero-order valence-corrected chi connectivity index (χ0v) is 22.8. The largest absolute Gasteiger partial charge is 0.444 e. The third-order valence-electron chi connectivity index (χ3n) is 8.02. The summed E-state index contributed by atoms with van der Waals surface area (Å²) in [5.74, 6) is -0.719. The molecule has 9 heteroatoms. The number of benzene rings is 1. The number of carbonyl (C=O) groups is 2. The lowest BCUT2D eigenvalue weighted by Crippen LogP contribution is -2.55. The van der Waals surface area contributed by atoms with Crippen LogP contribution in [0.1, 0.15) is 59.4 Å². The van der Waals surface area contributed by atoms with Gasteiger partial charge in [0.2, 0.25) is 5.91 Å². The Morgan fingerprint density at radius 1 is 1.22 bits per heavy atom. The SMILES string of the molecule is CC1CN(c2ccc(C[C@@H](C#N)NC(=O)[C@@H]3[C@H]4CC[C@H](C4)N3C(=O)OC(C)(C)C)c(F)c2)C(C)CN1C. The summed E-state index contributed by atoms with van der Waals surface area (Å²) in [6.07, 6.45) is 2.02. The lowest BCUT2D eigenvalue weighted by Gasteiger charge is -2.43. The summed E-state index contributed by atoms with van der Waals surface area (Å²) in [4.78, 5) is 32.2. The molecule has 0 aromatic heterocycles. The maximum atomic E-state index is 15.2. The number of nitriles is 1. The van der Waals surface area contributed by atoms with Crippen LogP contribution in [0.25, 0.3) is 0 Å². The summed E-state index contributed by atoms with van der Waals surface area (Å²) >= 11 is 0. The van der Waals surface area contributed by atoms with Crippen LogP contribution in [-0.2, 0) is 16.0 Å². The summed E-state index contributed by atoms with van der Waals surface area (Å²) in [6.45, 7) is 11.4. The average molecular weight is 514 g/mol. The second-order valence-electron chi connectivity index (χ2n) is 12.0. The van der Waals surface area contributed by atoms with Gasteiger partial charge >= 0.3 is 6.09 Å². The van der Waals surface area contributed by atoms with Crippen molar-refractivity contribution < 1.29 is 18.7 Å². The summed E-state index contributed by atoms with van der Waals surface area (Å²) in [6, 6.07) is 6.25. The fourth-order valence-electron chi connectivity index (χ4n) is 6.05. The van der Waals surface area contributed by atoms with Crippen molar-refractivity contribution in [1.82, 2.24) is 15.1 Å². The predicted molar refractivity (Wildman–Crippen MR) is 140 cm³/mol. The standard InChI is InChI=1S/C28H40FN5O3/c1-17-16-33(18(2)15-32(17)6)22-9-7-19(24(29)13-22)11-21(14-30)31-26(35)25-20-8-10-23(12-20)34(25)27(36)37-28(3,4)5/h7,9,13,17-18,20-21,23,25H,8,10-12,15-16H2,1-6H3,(H,31,35)/t17?,18?,20-,21-,23+,25-/m0/s1. The third kappa shape index (κ3) is 5.85. The molecule has 2 saturated heterocycles. The minimum absolute atomic E-state index is 0.0270. The quantitative estimate of drug-likeness (QED) is 0.646. The number of halogens is 1. The van der Waals surface area contributed by atoms with E-state index in [0.717, 1.165) is 38.0 Å². The maximum absolute atomic E-state index is 15.2. The fraction of sp³-hybridized carbons (Fsp3) is 0.679. The van der Waals surface area contributed by atoms with Crippen LogP contribution >= 0.6 is 0 Å². The number of carbonyl (C=O) groups excluding carboxylic acids is 2. The summed E-state index contributed by atoms with van der Waals surface area (Å²) in [5.41, 5.74) is 0.530. The van der Waals surface area contributed by atoms with Crippen LogP contribution in [0.5, 0.6) is 0 Å². The Balaban J connectivity index is 1.43. The van der Waals surface area contributed by atoms with Gasteiger partial charge in [0.15, 0.2) is 0 Å². The molecule has 0 spiro atoms. The van der Waals surface area contributed by atoms with Crippen molar-refractivity contribution in [3.05, 3.63) is 29.6 Å². The van der Waals surface area contributed by atoms with E-state index in [0.29, 0.717) is 11.6 Å². The van der Waals surface area contributed by atoms with E-state index in [-0.39, 0.29) is 36.1 Å². The average Bonchev–Trinajstić information content (AvgIpc) is 3.43. The zero-order valence-electron chi connectivity index (χ0n) is 22.8. The molecule has 202 valence electrons. The number of hydrogen-bond acceptors (Lipinski definition) is 6. The van der Waals surface area contributed by atoms with Crippen LogP contribution in [0.2, 0.25) is 0 Å². The number of ether oxygens (including phenoxy) is 1. The van der Waals surface area contributed by atoms with E-state index in [9.17, 15) is 14.9 Å². The highest BCUT2D eigenvalue weighted by Crippen LogP contribution is 2.43. The van der Waals surface area contributed by atoms with Crippen molar-refractivity contribution in [2.45, 2.75) is 96.1 Å². The monoisotopic (exact) mass is 513 g/mol. The first-order valence-electron chi connectivity index (χ1n) is 13.3. The predicted octanol–water partition coefficient (Wildman–Crippen LogP) is 3.69. The van der Waals surface area contributed by atoms with E-state index < -0.39 is 23.8 Å². The molecule has 1 aromatic rings. The molecule has 3 fully saturated rings. The first-order chi connectivity index (χ1) is 17.4. The Labute approximate surface area is 219 Å². The number of amides is 2. The topological polar surface area (TPSA) is 88.9 Å². The highest BCUT2D eigenvalue weighted by Gasteiger charge is 2.52. The minimum Gasteiger partial charge on any atom is -0.444 e. The van der Waals surface area contributed by atoms with Crippen LogP contribution in [0.3, 0.4) is 0 Å². The lowest BCUT2D eigenvalue weighted by molar-refractivity contribution is -0.128. The van der Waals surface area contributed by atoms with Crippen molar-refractivity contribution in [3.8, 4) is 6.07 Å². The number of piperidine rings is 1. The van der Waals surface area contributed by atoms with Crippen molar-refractivity contribution >= 4 is 17.7 Å². The van der Waals surface area contributed by atoms with Crippen molar-refractivity contribution in [2.24, 2.45) is 5.92 Å². The molecule has 1 aromatic carbocycles. The molecular weight excluding hydrogens is 473 g/mol. The first-order valence-corrected chi connectivity index (χ1v) is 13.3. The second-order valence-corrected chi connectivity index (χ2v) is 12.0. The van der Waals surface area contributed by atoms with Crippen molar-refractivity contribution in [2.75, 3.05) is 25.0 Å². The van der Waals surface area contributed by atoms with Gasteiger partial charge < -0.3 is 15.0 Å². The molecule has 37 heavy (non-hydrogen) atoms. The van der Waals surface area contributed by atoms with E-state index in [1.807, 2.05) is 6.07 Å². The van der Waals surface area contributed by atoms with Gasteiger partial charge in [-0.2, -0.15) is 5.26 Å². The van der Waals surface area contributed by atoms with E-state index >= 15 is 4.39 Å². The van der Waals surface area contributed by atoms with E-state index in [4.69, 9.17) is 4.74 Å². The smallest absolute Gasteiger partial charge is 0.411 e. The van der Waals surface area contributed by atoms with Gasteiger partial charge in [-0.25, -0.2) is 9.18 Å². The van der Waals surface area contributed by atoms with Gasteiger partial charge in [-0.1, -0.05) is 6.07 Å². The van der Waals surface area contributed by atoms with Crippen LogP contribution < -0.4 is 10.2 Å². The van der Waals surface area contributed by atoms with Gasteiger partial charge in [0.25, 0.3) is 0 Å². The van der Waals surface area contributed by atoms with Crippen LogP contribution in [0.4, 0.5) is 14.9 Å². The lowest BCUT2D eigenvalue weighted by atomic mass is 9.97. The Kier molecular flexibility index (Phi) is 7.70. The molecule has 1 aliphatic carbocycles. The number of anilines is 1. The number of fused-ring (bicyclic) bond motifs is 2. The number of likely N-dealkylation sites (tertiary alicyclic amines) is 1. The minimum atomic E-state index is -0.907. The molecule has 1 N–H and O–H groups in total. The van der Waals surface area contributed by atoms with Gasteiger partial charge in [-0.15, -0.1) is 0 Å². The molecule has 2 bridgehead atoms. The Hall–Kier alpha value is -2.86. The van der Waals surface area contributed by atoms with Crippen LogP contribution in [0.15, 0.2) is 18.2 Å². The number of piperazine rings is 1. The zero-order chi connectivity index (χ0) is 27.1. The molecule has 3 aliphatic rings. The molecule has 8 nitrogen and oxygen atoms in total. The van der Waals surface area contributed by atoms with Crippen LogP contribution in [0, 0.1) is 23.1 Å². The highest BCUT2D eigenvalue weighted by atomic mass is 19.1. The van der Waals surface area contributed by atoms with Gasteiger partial charge in [-0.3, -0.25) is 14.6 Å². The summed E-state index contributed by atoms with van der Waals surface area (Å²) in [7, 11) is 2.10. The molecule has 1 saturated carbocycles. The number of likely N-dealkylation sites (N-methyl/N-ethyl adjacent to an activating group) is 1. The highest BCUT2D eigenvalue weighted by molar-refractivity contribution is 5.87. The Morgan fingerprint density at radius 2 is 1.95 bits per heavy atom. The fourth-order valence-corrected chi connectivity index (χ4v) is 6.05. The number of nitrogens with zero attached hydrogens (tertiary/aromatic N) is 4. The van der Waals surface area contributed by atoms with Gasteiger partial charge in [0, 0.05) is 43.3 Å². The maximum Gasteiger partial charge on any atom is 0.411 e.